The molecule has 0 unspecified atom stereocenters. The molecule has 2 aromatic carbocycles. The fourth-order valence-corrected chi connectivity index (χ4v) is 3.51. The van der Waals surface area contributed by atoms with Gasteiger partial charge in [-0.1, -0.05) is 15.9 Å². The lowest BCUT2D eigenvalue weighted by Gasteiger charge is -2.09. The third kappa shape index (κ3) is 5.33. The molecule has 0 aliphatic rings. The molecule has 0 aliphatic carbocycles. The third-order valence-corrected chi connectivity index (χ3v) is 5.06. The summed E-state index contributed by atoms with van der Waals surface area (Å²) in [4.78, 5) is 12.1. The van der Waals surface area contributed by atoms with Crippen LogP contribution in [0.15, 0.2) is 56.3 Å². The van der Waals surface area contributed by atoms with Crippen LogP contribution in [0.5, 0.6) is 5.75 Å². The number of amides is 1. The summed E-state index contributed by atoms with van der Waals surface area (Å²) in [5.74, 6) is 0.211. The highest BCUT2D eigenvalue weighted by molar-refractivity contribution is 9.11. The van der Waals surface area contributed by atoms with Crippen molar-refractivity contribution in [2.24, 2.45) is 0 Å². The predicted octanol–water partition coefficient (Wildman–Crippen LogP) is 3.63. The summed E-state index contributed by atoms with van der Waals surface area (Å²) < 4.78 is 29.8. The van der Waals surface area contributed by atoms with Crippen molar-refractivity contribution in [3.05, 3.63) is 51.4 Å². The quantitative estimate of drug-likeness (QED) is 0.736. The van der Waals surface area contributed by atoms with E-state index < -0.39 is 9.84 Å². The van der Waals surface area contributed by atoms with Crippen LogP contribution in [0.2, 0.25) is 0 Å². The molecule has 0 saturated heterocycles. The Morgan fingerprint density at radius 3 is 2.35 bits per heavy atom. The van der Waals surface area contributed by atoms with E-state index in [2.05, 4.69) is 37.2 Å². The van der Waals surface area contributed by atoms with Gasteiger partial charge in [-0.3, -0.25) is 4.79 Å². The van der Waals surface area contributed by atoms with E-state index in [4.69, 9.17) is 4.74 Å². The molecule has 1 N–H and O–H groups in total. The average molecular weight is 463 g/mol. The Balaban J connectivity index is 1.94. The fourth-order valence-electron chi connectivity index (χ4n) is 1.72. The number of sulfone groups is 1. The number of nitrogens with one attached hydrogen (secondary N) is 1. The molecular formula is C15H13Br2NO4S. The second-order valence-corrected chi connectivity index (χ2v) is 8.49. The Morgan fingerprint density at radius 1 is 1.13 bits per heavy atom. The highest BCUT2D eigenvalue weighted by Gasteiger charge is 2.09. The number of carbonyl (C=O) groups excluding carboxylic acids is 1. The third-order valence-electron chi connectivity index (χ3n) is 2.82. The SMILES string of the molecule is CS(=O)(=O)c1ccc(NC(=O)COc2ccc(Br)cc2Br)cc1. The average Bonchev–Trinajstić information content (AvgIpc) is 2.46. The van der Waals surface area contributed by atoms with Gasteiger partial charge in [0.2, 0.25) is 0 Å². The molecule has 0 fully saturated rings. The van der Waals surface area contributed by atoms with Crippen LogP contribution < -0.4 is 10.1 Å². The van der Waals surface area contributed by atoms with E-state index >= 15 is 0 Å². The number of carbonyl (C=O) groups is 1. The highest BCUT2D eigenvalue weighted by atomic mass is 79.9. The number of anilines is 1. The fraction of sp³-hybridized carbons (Fsp3) is 0.133. The van der Waals surface area contributed by atoms with Gasteiger partial charge in [-0.05, 0) is 58.4 Å². The molecule has 1 amide bonds. The molecule has 0 atom stereocenters. The molecule has 0 heterocycles. The van der Waals surface area contributed by atoms with E-state index in [-0.39, 0.29) is 17.4 Å². The summed E-state index contributed by atoms with van der Waals surface area (Å²) in [6.45, 7) is -0.159. The maximum absolute atomic E-state index is 11.9. The van der Waals surface area contributed by atoms with Gasteiger partial charge in [-0.25, -0.2) is 8.42 Å². The summed E-state index contributed by atoms with van der Waals surface area (Å²) in [6.07, 6.45) is 1.13. The van der Waals surface area contributed by atoms with Crippen molar-refractivity contribution < 1.29 is 17.9 Å². The van der Waals surface area contributed by atoms with Crippen LogP contribution in [0.25, 0.3) is 0 Å². The van der Waals surface area contributed by atoms with Crippen LogP contribution in [0.4, 0.5) is 5.69 Å². The van der Waals surface area contributed by atoms with Crippen molar-refractivity contribution >= 4 is 53.3 Å². The largest absolute Gasteiger partial charge is 0.483 e. The molecule has 8 heteroatoms. The molecule has 0 saturated carbocycles. The second kappa shape index (κ2) is 7.46. The standard InChI is InChI=1S/C15H13Br2NO4S/c1-23(20,21)12-5-3-11(4-6-12)18-15(19)9-22-14-7-2-10(16)8-13(14)17/h2-8H,9H2,1H3,(H,18,19). The van der Waals surface area contributed by atoms with Gasteiger partial charge in [-0.15, -0.1) is 0 Å². The zero-order valence-electron chi connectivity index (χ0n) is 12.0. The van der Waals surface area contributed by atoms with Crippen LogP contribution in [0.3, 0.4) is 0 Å². The molecule has 122 valence electrons. The number of hydrogen-bond donors (Lipinski definition) is 1. The molecule has 0 aliphatic heterocycles. The number of ether oxygens (including phenoxy) is 1. The van der Waals surface area contributed by atoms with E-state index in [0.717, 1.165) is 15.2 Å². The van der Waals surface area contributed by atoms with Crippen molar-refractivity contribution in [1.82, 2.24) is 0 Å². The number of benzene rings is 2. The van der Waals surface area contributed by atoms with Crippen molar-refractivity contribution in [2.45, 2.75) is 4.90 Å². The number of hydrogen-bond acceptors (Lipinski definition) is 4. The van der Waals surface area contributed by atoms with E-state index in [9.17, 15) is 13.2 Å². The zero-order valence-corrected chi connectivity index (χ0v) is 16.0. The summed E-state index contributed by atoms with van der Waals surface area (Å²) in [5.41, 5.74) is 0.501. The summed E-state index contributed by atoms with van der Waals surface area (Å²) in [5, 5.41) is 2.64. The Morgan fingerprint density at radius 2 is 1.78 bits per heavy atom. The lowest BCUT2D eigenvalue weighted by Crippen LogP contribution is -2.20. The van der Waals surface area contributed by atoms with Crippen molar-refractivity contribution in [3.63, 3.8) is 0 Å². The topological polar surface area (TPSA) is 72.5 Å². The molecule has 23 heavy (non-hydrogen) atoms. The molecular weight excluding hydrogens is 450 g/mol. The van der Waals surface area contributed by atoms with E-state index in [1.54, 1.807) is 6.07 Å². The molecule has 0 bridgehead atoms. The van der Waals surface area contributed by atoms with Gasteiger partial charge in [0.1, 0.15) is 5.75 Å². The lowest BCUT2D eigenvalue weighted by molar-refractivity contribution is -0.118. The molecule has 0 aromatic heterocycles. The maximum atomic E-state index is 11.9. The van der Waals surface area contributed by atoms with E-state index in [1.807, 2.05) is 12.1 Å². The van der Waals surface area contributed by atoms with Crippen LogP contribution in [0, 0.1) is 0 Å². The number of halogens is 2. The molecule has 5 nitrogen and oxygen atoms in total. The molecule has 0 spiro atoms. The normalized spacial score (nSPS) is 11.1. The van der Waals surface area contributed by atoms with Crippen LogP contribution in [-0.2, 0) is 14.6 Å². The van der Waals surface area contributed by atoms with Crippen molar-refractivity contribution in [2.75, 3.05) is 18.2 Å². The lowest BCUT2D eigenvalue weighted by atomic mass is 10.3. The maximum Gasteiger partial charge on any atom is 0.262 e. The van der Waals surface area contributed by atoms with Crippen molar-refractivity contribution in [1.29, 1.82) is 0 Å². The molecule has 2 aromatic rings. The Labute approximate surface area is 151 Å². The predicted molar refractivity (Wildman–Crippen MR) is 95.5 cm³/mol. The van der Waals surface area contributed by atoms with Gasteiger partial charge in [0.15, 0.2) is 16.4 Å². The molecule has 0 radical (unpaired) electrons. The van der Waals surface area contributed by atoms with E-state index in [0.29, 0.717) is 11.4 Å². The van der Waals surface area contributed by atoms with Gasteiger partial charge >= 0.3 is 0 Å². The molecule has 2 rings (SSSR count). The van der Waals surface area contributed by atoms with Gasteiger partial charge in [0.05, 0.1) is 9.37 Å². The Hall–Kier alpha value is -1.38. The van der Waals surface area contributed by atoms with Crippen molar-refractivity contribution in [3.8, 4) is 5.75 Å². The van der Waals surface area contributed by atoms with Crippen LogP contribution in [-0.4, -0.2) is 27.2 Å². The van der Waals surface area contributed by atoms with Crippen LogP contribution >= 0.6 is 31.9 Å². The first-order valence-electron chi connectivity index (χ1n) is 6.43. The summed E-state index contributed by atoms with van der Waals surface area (Å²) in [7, 11) is -3.25. The van der Waals surface area contributed by atoms with Gasteiger partial charge in [0, 0.05) is 16.4 Å². The second-order valence-electron chi connectivity index (χ2n) is 4.71. The Bertz CT molecular complexity index is 820. The van der Waals surface area contributed by atoms with Crippen LogP contribution in [0.1, 0.15) is 0 Å². The minimum absolute atomic E-state index is 0.159. The summed E-state index contributed by atoms with van der Waals surface area (Å²) in [6, 6.07) is 11.3. The first-order valence-corrected chi connectivity index (χ1v) is 9.91. The highest BCUT2D eigenvalue weighted by Crippen LogP contribution is 2.28. The first-order chi connectivity index (χ1) is 10.8. The minimum atomic E-state index is -3.25. The zero-order chi connectivity index (χ0) is 17.0. The minimum Gasteiger partial charge on any atom is -0.483 e. The monoisotopic (exact) mass is 461 g/mol. The first kappa shape index (κ1) is 18.0. The smallest absolute Gasteiger partial charge is 0.262 e. The summed E-state index contributed by atoms with van der Waals surface area (Å²) >= 11 is 6.68. The van der Waals surface area contributed by atoms with E-state index in [1.165, 1.54) is 24.3 Å². The van der Waals surface area contributed by atoms with Gasteiger partial charge in [-0.2, -0.15) is 0 Å². The van der Waals surface area contributed by atoms with Gasteiger partial charge < -0.3 is 10.1 Å². The number of rotatable bonds is 5. The Kier molecular flexibility index (Phi) is 5.83. The van der Waals surface area contributed by atoms with Gasteiger partial charge in [0.25, 0.3) is 5.91 Å².